The summed E-state index contributed by atoms with van der Waals surface area (Å²) >= 11 is 0. The van der Waals surface area contributed by atoms with E-state index in [4.69, 9.17) is 0 Å². The summed E-state index contributed by atoms with van der Waals surface area (Å²) in [7, 11) is 0. The Kier molecular flexibility index (Phi) is 5.21. The van der Waals surface area contributed by atoms with Gasteiger partial charge in [-0.05, 0) is 49.6 Å². The van der Waals surface area contributed by atoms with Crippen molar-refractivity contribution in [3.05, 3.63) is 65.7 Å². The lowest BCUT2D eigenvalue weighted by Crippen LogP contribution is -2.31. The minimum Gasteiger partial charge on any atom is -0.324 e. The maximum Gasteiger partial charge on any atom is 0.249 e. The van der Waals surface area contributed by atoms with Gasteiger partial charge in [0.15, 0.2) is 0 Å². The van der Waals surface area contributed by atoms with E-state index >= 15 is 0 Å². The number of aryl methyl sites for hydroxylation is 2. The van der Waals surface area contributed by atoms with Crippen molar-refractivity contribution in [2.75, 3.05) is 5.32 Å². The molecule has 0 bridgehead atoms. The molecule has 6 nitrogen and oxygen atoms in total. The van der Waals surface area contributed by atoms with Crippen molar-refractivity contribution in [3.8, 4) is 0 Å². The number of aromatic nitrogens is 4. The standard InChI is InChI=1S/C20H25N5O/c1-14(2)19(25-16(4)11-15(3)23-25)20(26)22-18-8-5-7-17(12-18)13-24-10-6-9-21-24/h5-12,14,19H,13H2,1-4H3,(H,22,26). The zero-order valence-corrected chi connectivity index (χ0v) is 15.7. The molecule has 1 atom stereocenters. The van der Waals surface area contributed by atoms with Crippen LogP contribution in [0.1, 0.15) is 36.8 Å². The van der Waals surface area contributed by atoms with Gasteiger partial charge in [0.2, 0.25) is 5.91 Å². The highest BCUT2D eigenvalue weighted by atomic mass is 16.2. The van der Waals surface area contributed by atoms with E-state index in [2.05, 4.69) is 15.5 Å². The number of hydrogen-bond donors (Lipinski definition) is 1. The molecule has 26 heavy (non-hydrogen) atoms. The predicted octanol–water partition coefficient (Wildman–Crippen LogP) is 3.58. The molecular formula is C20H25N5O. The van der Waals surface area contributed by atoms with E-state index < -0.39 is 0 Å². The van der Waals surface area contributed by atoms with Crippen LogP contribution in [0.4, 0.5) is 5.69 Å². The Hall–Kier alpha value is -2.89. The first-order valence-corrected chi connectivity index (χ1v) is 8.84. The largest absolute Gasteiger partial charge is 0.324 e. The number of rotatable bonds is 6. The van der Waals surface area contributed by atoms with Gasteiger partial charge in [-0.25, -0.2) is 0 Å². The van der Waals surface area contributed by atoms with Gasteiger partial charge in [0.05, 0.1) is 12.2 Å². The van der Waals surface area contributed by atoms with E-state index in [1.165, 1.54) is 0 Å². The fraction of sp³-hybridized carbons (Fsp3) is 0.350. The highest BCUT2D eigenvalue weighted by Gasteiger charge is 2.26. The van der Waals surface area contributed by atoms with E-state index in [9.17, 15) is 4.79 Å². The van der Waals surface area contributed by atoms with Crippen LogP contribution in [0.25, 0.3) is 0 Å². The first kappa shape index (κ1) is 17.9. The molecule has 3 rings (SSSR count). The molecule has 0 radical (unpaired) electrons. The van der Waals surface area contributed by atoms with Gasteiger partial charge in [0, 0.05) is 23.8 Å². The lowest BCUT2D eigenvalue weighted by Gasteiger charge is -2.22. The topological polar surface area (TPSA) is 64.7 Å². The summed E-state index contributed by atoms with van der Waals surface area (Å²) in [6.07, 6.45) is 3.68. The predicted molar refractivity (Wildman–Crippen MR) is 102 cm³/mol. The molecule has 0 saturated carbocycles. The number of hydrogen-bond acceptors (Lipinski definition) is 3. The van der Waals surface area contributed by atoms with Gasteiger partial charge < -0.3 is 5.32 Å². The molecule has 136 valence electrons. The molecule has 0 fully saturated rings. The third-order valence-electron chi connectivity index (χ3n) is 4.31. The number of amides is 1. The summed E-state index contributed by atoms with van der Waals surface area (Å²) in [5.74, 6) is 0.0719. The second-order valence-electron chi connectivity index (χ2n) is 6.95. The fourth-order valence-electron chi connectivity index (χ4n) is 3.17. The summed E-state index contributed by atoms with van der Waals surface area (Å²) < 4.78 is 3.68. The van der Waals surface area contributed by atoms with Crippen molar-refractivity contribution in [1.29, 1.82) is 0 Å². The second kappa shape index (κ2) is 7.56. The average Bonchev–Trinajstić information content (AvgIpc) is 3.17. The Bertz CT molecular complexity index is 880. The first-order chi connectivity index (χ1) is 12.4. The molecule has 1 amide bonds. The normalized spacial score (nSPS) is 12.3. The number of anilines is 1. The van der Waals surface area contributed by atoms with E-state index in [1.54, 1.807) is 6.20 Å². The summed E-state index contributed by atoms with van der Waals surface area (Å²) in [5.41, 5.74) is 3.77. The van der Waals surface area contributed by atoms with Gasteiger partial charge >= 0.3 is 0 Å². The van der Waals surface area contributed by atoms with E-state index in [0.29, 0.717) is 6.54 Å². The van der Waals surface area contributed by atoms with Gasteiger partial charge in [-0.1, -0.05) is 26.0 Å². The van der Waals surface area contributed by atoms with Gasteiger partial charge in [0.1, 0.15) is 6.04 Å². The van der Waals surface area contributed by atoms with Crippen molar-refractivity contribution in [1.82, 2.24) is 19.6 Å². The molecule has 2 heterocycles. The minimum atomic E-state index is -0.349. The molecule has 0 aliphatic heterocycles. The van der Waals surface area contributed by atoms with Crippen molar-refractivity contribution < 1.29 is 4.79 Å². The van der Waals surface area contributed by atoms with Crippen LogP contribution in [-0.2, 0) is 11.3 Å². The molecule has 0 aliphatic rings. The Morgan fingerprint density at radius 3 is 2.62 bits per heavy atom. The van der Waals surface area contributed by atoms with E-state index in [0.717, 1.165) is 22.6 Å². The van der Waals surface area contributed by atoms with Crippen LogP contribution in [0.5, 0.6) is 0 Å². The van der Waals surface area contributed by atoms with Crippen LogP contribution in [0.15, 0.2) is 48.8 Å². The lowest BCUT2D eigenvalue weighted by molar-refractivity contribution is -0.120. The maximum atomic E-state index is 13.0. The quantitative estimate of drug-likeness (QED) is 0.738. The number of benzene rings is 1. The monoisotopic (exact) mass is 351 g/mol. The van der Waals surface area contributed by atoms with Crippen LogP contribution in [0, 0.1) is 19.8 Å². The fourth-order valence-corrected chi connectivity index (χ4v) is 3.17. The molecule has 3 aromatic rings. The molecule has 6 heteroatoms. The third kappa shape index (κ3) is 4.02. The highest BCUT2D eigenvalue weighted by Crippen LogP contribution is 2.22. The smallest absolute Gasteiger partial charge is 0.249 e. The van der Waals surface area contributed by atoms with Gasteiger partial charge in [-0.2, -0.15) is 10.2 Å². The van der Waals surface area contributed by atoms with Gasteiger partial charge in [0.25, 0.3) is 0 Å². The number of nitrogens with one attached hydrogen (secondary N) is 1. The summed E-state index contributed by atoms with van der Waals surface area (Å²) in [6, 6.07) is 11.4. The first-order valence-electron chi connectivity index (χ1n) is 8.84. The van der Waals surface area contributed by atoms with Crippen LogP contribution in [0.3, 0.4) is 0 Å². The molecule has 0 saturated heterocycles. The van der Waals surface area contributed by atoms with Gasteiger partial charge in [-0.15, -0.1) is 0 Å². The Balaban J connectivity index is 1.78. The molecular weight excluding hydrogens is 326 g/mol. The Morgan fingerprint density at radius 1 is 1.19 bits per heavy atom. The Labute approximate surface area is 153 Å². The van der Waals surface area contributed by atoms with Crippen molar-refractivity contribution in [2.24, 2.45) is 5.92 Å². The van der Waals surface area contributed by atoms with Crippen LogP contribution < -0.4 is 5.32 Å². The second-order valence-corrected chi connectivity index (χ2v) is 6.95. The SMILES string of the molecule is Cc1cc(C)n(C(C(=O)Nc2cccc(Cn3cccn3)c2)C(C)C)n1. The zero-order chi connectivity index (χ0) is 18.7. The molecule has 2 aromatic heterocycles. The van der Waals surface area contributed by atoms with E-state index in [-0.39, 0.29) is 17.9 Å². The molecule has 1 aromatic carbocycles. The number of nitrogens with zero attached hydrogens (tertiary/aromatic N) is 4. The molecule has 1 unspecified atom stereocenters. The molecule has 1 N–H and O–H groups in total. The molecule has 0 aliphatic carbocycles. The average molecular weight is 351 g/mol. The number of carbonyl (C=O) groups is 1. The zero-order valence-electron chi connectivity index (χ0n) is 15.7. The molecule has 0 spiro atoms. The minimum absolute atomic E-state index is 0.0533. The summed E-state index contributed by atoms with van der Waals surface area (Å²) in [5, 5.41) is 11.8. The Morgan fingerprint density at radius 2 is 2.00 bits per heavy atom. The summed E-state index contributed by atoms with van der Waals surface area (Å²) in [6.45, 7) is 8.66. The van der Waals surface area contributed by atoms with Crippen molar-refractivity contribution in [2.45, 2.75) is 40.3 Å². The highest BCUT2D eigenvalue weighted by molar-refractivity contribution is 5.94. The maximum absolute atomic E-state index is 13.0. The van der Waals surface area contributed by atoms with E-state index in [1.807, 2.05) is 79.7 Å². The van der Waals surface area contributed by atoms with Gasteiger partial charge in [-0.3, -0.25) is 14.2 Å². The summed E-state index contributed by atoms with van der Waals surface area (Å²) in [4.78, 5) is 13.0. The third-order valence-corrected chi connectivity index (χ3v) is 4.31. The van der Waals surface area contributed by atoms with Crippen molar-refractivity contribution in [3.63, 3.8) is 0 Å². The van der Waals surface area contributed by atoms with Crippen LogP contribution in [-0.4, -0.2) is 25.5 Å². The van der Waals surface area contributed by atoms with Crippen molar-refractivity contribution >= 4 is 11.6 Å². The number of carbonyl (C=O) groups excluding carboxylic acids is 1. The van der Waals surface area contributed by atoms with Crippen LogP contribution >= 0.6 is 0 Å². The lowest BCUT2D eigenvalue weighted by atomic mass is 10.0. The van der Waals surface area contributed by atoms with Crippen LogP contribution in [0.2, 0.25) is 0 Å².